The summed E-state index contributed by atoms with van der Waals surface area (Å²) in [6.07, 6.45) is 6.54. The van der Waals surface area contributed by atoms with E-state index in [0.717, 1.165) is 45.6 Å². The van der Waals surface area contributed by atoms with Crippen LogP contribution in [0, 0.1) is 29.1 Å². The maximum Gasteiger partial charge on any atom is 0.164 e. The molecule has 240 valence electrons. The van der Waals surface area contributed by atoms with E-state index in [2.05, 4.69) is 74.5 Å². The topological polar surface area (TPSA) is 62.5 Å². The number of hydrogen-bond donors (Lipinski definition) is 0. The van der Waals surface area contributed by atoms with Gasteiger partial charge in [-0.05, 0) is 101 Å². The molecule has 0 N–H and O–H groups in total. The first-order valence-corrected chi connectivity index (χ1v) is 17.6. The summed E-state index contributed by atoms with van der Waals surface area (Å²) in [7, 11) is 0. The molecule has 2 saturated carbocycles. The van der Waals surface area contributed by atoms with Crippen LogP contribution in [0.15, 0.2) is 127 Å². The predicted molar refractivity (Wildman–Crippen MR) is 198 cm³/mol. The molecule has 0 aliphatic heterocycles. The lowest BCUT2D eigenvalue weighted by molar-refractivity contribution is 0.0781. The normalized spacial score (nSPS) is 21.5. The zero-order valence-corrected chi connectivity index (χ0v) is 28.2. The Morgan fingerprint density at radius 2 is 1.00 bits per heavy atom. The van der Waals surface area contributed by atoms with Crippen LogP contribution in [0.4, 0.5) is 0 Å². The molecule has 8 rings (SSSR count). The monoisotopic (exact) mass is 636 g/mol. The summed E-state index contributed by atoms with van der Waals surface area (Å²) < 4.78 is 0. The van der Waals surface area contributed by atoms with Crippen LogP contribution in [0.25, 0.3) is 56.4 Å². The summed E-state index contributed by atoms with van der Waals surface area (Å²) in [5, 5.41) is 9.51. The van der Waals surface area contributed by atoms with E-state index in [9.17, 15) is 5.26 Å². The Morgan fingerprint density at radius 1 is 0.531 bits per heavy atom. The first-order chi connectivity index (χ1) is 24.0. The lowest BCUT2D eigenvalue weighted by Crippen LogP contribution is -2.42. The minimum absolute atomic E-state index is 0.231. The average Bonchev–Trinajstić information content (AvgIpc) is 3.14. The van der Waals surface area contributed by atoms with Gasteiger partial charge in [-0.1, -0.05) is 123 Å². The third-order valence-corrected chi connectivity index (χ3v) is 10.7. The van der Waals surface area contributed by atoms with Crippen molar-refractivity contribution in [3.8, 4) is 62.5 Å². The minimum atomic E-state index is 0.231. The number of nitriles is 1. The molecule has 0 amide bonds. The molecule has 4 nitrogen and oxygen atoms in total. The number of nitrogens with zero attached hydrogens (tertiary/aromatic N) is 4. The van der Waals surface area contributed by atoms with Crippen molar-refractivity contribution in [2.75, 3.05) is 0 Å². The summed E-state index contributed by atoms with van der Waals surface area (Å²) >= 11 is 0. The van der Waals surface area contributed by atoms with Crippen LogP contribution in [-0.4, -0.2) is 15.0 Å². The Labute approximate surface area is 289 Å². The highest BCUT2D eigenvalue weighted by molar-refractivity contribution is 5.85. The third-order valence-electron chi connectivity index (χ3n) is 10.7. The fraction of sp³-hybridized carbons (Fsp3) is 0.244. The van der Waals surface area contributed by atoms with Gasteiger partial charge in [0.1, 0.15) is 0 Å². The summed E-state index contributed by atoms with van der Waals surface area (Å²) in [5.74, 6) is 4.27. The van der Waals surface area contributed by atoms with Crippen molar-refractivity contribution in [3.05, 3.63) is 139 Å². The molecule has 4 heteroatoms. The van der Waals surface area contributed by atoms with Crippen molar-refractivity contribution in [3.63, 3.8) is 0 Å². The van der Waals surface area contributed by atoms with E-state index in [0.29, 0.717) is 23.0 Å². The van der Waals surface area contributed by atoms with Gasteiger partial charge in [-0.2, -0.15) is 5.26 Å². The van der Waals surface area contributed by atoms with E-state index in [1.807, 2.05) is 72.8 Å². The fourth-order valence-corrected chi connectivity index (χ4v) is 8.88. The van der Waals surface area contributed by atoms with Crippen molar-refractivity contribution in [2.24, 2.45) is 17.8 Å². The van der Waals surface area contributed by atoms with Crippen LogP contribution in [0.3, 0.4) is 0 Å². The Morgan fingerprint density at radius 3 is 1.53 bits per heavy atom. The van der Waals surface area contributed by atoms with Crippen LogP contribution in [0.5, 0.6) is 0 Å². The molecule has 5 aromatic carbocycles. The highest BCUT2D eigenvalue weighted by Crippen LogP contribution is 2.54. The number of benzene rings is 5. The van der Waals surface area contributed by atoms with E-state index in [1.165, 1.54) is 48.8 Å². The predicted octanol–water partition coefficient (Wildman–Crippen LogP) is 11.2. The van der Waals surface area contributed by atoms with Gasteiger partial charge in [-0.25, -0.2) is 15.0 Å². The lowest BCUT2D eigenvalue weighted by Gasteiger charge is -2.50. The third kappa shape index (κ3) is 6.18. The molecule has 49 heavy (non-hydrogen) atoms. The average molecular weight is 637 g/mol. The van der Waals surface area contributed by atoms with Crippen LogP contribution >= 0.6 is 0 Å². The second kappa shape index (κ2) is 12.9. The Balaban J connectivity index is 1.21. The van der Waals surface area contributed by atoms with E-state index < -0.39 is 0 Å². The zero-order chi connectivity index (χ0) is 33.4. The molecule has 0 saturated heterocycles. The SMILES string of the molecule is C[C@@H]1CC2C[C@H](C)CC(c3ccc(-c4ccc(-c5nc(-c6ccccc6)nc(-c6ccccc6)n5)cc4)c(-c4ccc(C#N)cc4)c3)(C2)C1. The quantitative estimate of drug-likeness (QED) is 0.182. The van der Waals surface area contributed by atoms with Crippen molar-refractivity contribution >= 4 is 0 Å². The van der Waals surface area contributed by atoms with Crippen LogP contribution < -0.4 is 0 Å². The van der Waals surface area contributed by atoms with E-state index >= 15 is 0 Å². The molecule has 1 aromatic heterocycles. The molecule has 0 spiro atoms. The maximum atomic E-state index is 9.51. The molecule has 4 atom stereocenters. The fourth-order valence-electron chi connectivity index (χ4n) is 8.88. The van der Waals surface area contributed by atoms with Gasteiger partial charge in [-0.3, -0.25) is 0 Å². The van der Waals surface area contributed by atoms with E-state index in [1.54, 1.807) is 0 Å². The highest BCUT2D eigenvalue weighted by atomic mass is 15.0. The molecular weight excluding hydrogens is 597 g/mol. The largest absolute Gasteiger partial charge is 0.208 e. The summed E-state index contributed by atoms with van der Waals surface area (Å²) in [6.45, 7) is 4.90. The van der Waals surface area contributed by atoms with Gasteiger partial charge in [0.05, 0.1) is 11.6 Å². The van der Waals surface area contributed by atoms with E-state index in [4.69, 9.17) is 15.0 Å². The maximum absolute atomic E-state index is 9.51. The van der Waals surface area contributed by atoms with Crippen LogP contribution in [0.1, 0.15) is 57.1 Å². The van der Waals surface area contributed by atoms with Gasteiger partial charge in [-0.15, -0.1) is 0 Å². The number of fused-ring (bicyclic) bond motifs is 2. The molecule has 2 aliphatic rings. The van der Waals surface area contributed by atoms with Gasteiger partial charge in [0.15, 0.2) is 17.5 Å². The van der Waals surface area contributed by atoms with Gasteiger partial charge in [0, 0.05) is 16.7 Å². The van der Waals surface area contributed by atoms with Gasteiger partial charge in [0.25, 0.3) is 0 Å². The minimum Gasteiger partial charge on any atom is -0.208 e. The van der Waals surface area contributed by atoms with Crippen LogP contribution in [0.2, 0.25) is 0 Å². The van der Waals surface area contributed by atoms with Crippen molar-refractivity contribution in [2.45, 2.75) is 51.4 Å². The summed E-state index contributed by atoms with van der Waals surface area (Å²) in [5.41, 5.74) is 9.91. The zero-order valence-electron chi connectivity index (χ0n) is 28.2. The van der Waals surface area contributed by atoms with Gasteiger partial charge in [0.2, 0.25) is 0 Å². The van der Waals surface area contributed by atoms with Gasteiger partial charge >= 0.3 is 0 Å². The van der Waals surface area contributed by atoms with Gasteiger partial charge < -0.3 is 0 Å². The Hall–Kier alpha value is -5.40. The molecule has 2 unspecified atom stereocenters. The Kier molecular flexibility index (Phi) is 8.14. The molecule has 0 radical (unpaired) electrons. The lowest BCUT2D eigenvalue weighted by atomic mass is 9.54. The number of rotatable bonds is 6. The second-order valence-electron chi connectivity index (χ2n) is 14.5. The smallest absolute Gasteiger partial charge is 0.164 e. The standard InChI is InChI=1S/C45H40N4/c1-30-23-33-24-31(2)27-45(26-30,28-33)39-21-22-40(41(25-39)35-15-13-32(29-46)14-16-35)34-17-19-38(20-18-34)44-48-42(36-9-5-3-6-10-36)47-43(49-44)37-11-7-4-8-12-37/h3-22,25,30-31,33H,23-24,26-28H2,1-2H3/t30-,31+,33?,45?. The summed E-state index contributed by atoms with van der Waals surface area (Å²) in [6, 6.07) is 46.4. The molecular formula is C45H40N4. The highest BCUT2D eigenvalue weighted by Gasteiger charge is 2.45. The first kappa shape index (κ1) is 30.9. The molecule has 1 heterocycles. The molecule has 2 fully saturated rings. The Bertz CT molecular complexity index is 2050. The molecule has 2 bridgehead atoms. The van der Waals surface area contributed by atoms with Crippen molar-refractivity contribution in [1.29, 1.82) is 5.26 Å². The molecule has 2 aliphatic carbocycles. The van der Waals surface area contributed by atoms with Crippen LogP contribution in [-0.2, 0) is 5.41 Å². The number of aromatic nitrogens is 3. The van der Waals surface area contributed by atoms with Crippen molar-refractivity contribution in [1.82, 2.24) is 15.0 Å². The first-order valence-electron chi connectivity index (χ1n) is 17.6. The summed E-state index contributed by atoms with van der Waals surface area (Å²) in [4.78, 5) is 14.7. The van der Waals surface area contributed by atoms with E-state index in [-0.39, 0.29) is 5.41 Å². The van der Waals surface area contributed by atoms with Crippen molar-refractivity contribution < 1.29 is 0 Å². The second-order valence-corrected chi connectivity index (χ2v) is 14.5. The number of hydrogen-bond acceptors (Lipinski definition) is 4. The molecule has 6 aromatic rings.